The minimum absolute atomic E-state index is 0.00479. The maximum absolute atomic E-state index is 15.0. The number of nitrogens with two attached hydrogens (primary N) is 1. The molecule has 3 aliphatic rings. The molecule has 1 aromatic heterocycles. The molecule has 2 saturated heterocycles. The van der Waals surface area contributed by atoms with Crippen molar-refractivity contribution in [1.29, 1.82) is 0 Å². The first-order chi connectivity index (χ1) is 12.7. The molecule has 2 fully saturated rings. The highest BCUT2D eigenvalue weighted by Crippen LogP contribution is 2.37. The van der Waals surface area contributed by atoms with Gasteiger partial charge >= 0.3 is 6.09 Å². The number of hydrogen-bond acceptors (Lipinski definition) is 6. The van der Waals surface area contributed by atoms with Crippen LogP contribution in [0.2, 0.25) is 0 Å². The van der Waals surface area contributed by atoms with E-state index in [0.717, 1.165) is 12.8 Å². The van der Waals surface area contributed by atoms with E-state index in [1.807, 2.05) is 30.6 Å². The van der Waals surface area contributed by atoms with E-state index in [9.17, 15) is 4.79 Å². The topological polar surface area (TPSA) is 80.9 Å². The van der Waals surface area contributed by atoms with Crippen LogP contribution in [0.15, 0.2) is 6.20 Å². The summed E-state index contributed by atoms with van der Waals surface area (Å²) in [5, 5.41) is 0. The van der Waals surface area contributed by atoms with E-state index in [-0.39, 0.29) is 30.0 Å². The van der Waals surface area contributed by atoms with Gasteiger partial charge in [-0.15, -0.1) is 0 Å². The molecule has 4 heterocycles. The van der Waals surface area contributed by atoms with Crippen LogP contribution >= 0.6 is 0 Å². The summed E-state index contributed by atoms with van der Waals surface area (Å²) >= 11 is 0. The molecule has 0 radical (unpaired) electrons. The number of rotatable bonds is 1. The number of anilines is 1. The molecule has 0 spiro atoms. The van der Waals surface area contributed by atoms with E-state index in [2.05, 4.69) is 4.98 Å². The molecule has 3 unspecified atom stereocenters. The Morgan fingerprint density at radius 2 is 2.00 bits per heavy atom. The standard InChI is InChI=1S/C19H27FN4O3/c1-19(2,3)27-18(25)24-13-4-5-14(24)9-23(8-13)17-15(20)16-11(7-22-17)6-12(21)10-26-16/h7,12-14H,4-6,8-10,21H2,1-3H3. The number of aromatic nitrogens is 1. The lowest BCUT2D eigenvalue weighted by Gasteiger charge is -2.42. The number of hydrogen-bond donors (Lipinski definition) is 1. The summed E-state index contributed by atoms with van der Waals surface area (Å²) in [6.07, 6.45) is 3.72. The maximum Gasteiger partial charge on any atom is 0.410 e. The molecule has 8 heteroatoms. The van der Waals surface area contributed by atoms with Crippen molar-refractivity contribution in [2.24, 2.45) is 5.73 Å². The van der Waals surface area contributed by atoms with Crippen LogP contribution in [0, 0.1) is 5.82 Å². The number of ether oxygens (including phenoxy) is 2. The fourth-order valence-corrected chi connectivity index (χ4v) is 4.24. The Labute approximate surface area is 158 Å². The number of halogens is 1. The van der Waals surface area contributed by atoms with Crippen molar-refractivity contribution in [3.63, 3.8) is 0 Å². The highest BCUT2D eigenvalue weighted by atomic mass is 19.1. The highest BCUT2D eigenvalue weighted by molar-refractivity contribution is 5.70. The average molecular weight is 378 g/mol. The van der Waals surface area contributed by atoms with Crippen molar-refractivity contribution in [2.45, 2.75) is 63.8 Å². The van der Waals surface area contributed by atoms with E-state index in [1.165, 1.54) is 0 Å². The first kappa shape index (κ1) is 18.3. The van der Waals surface area contributed by atoms with E-state index < -0.39 is 11.4 Å². The van der Waals surface area contributed by atoms with Crippen LogP contribution in [0.1, 0.15) is 39.2 Å². The predicted molar refractivity (Wildman–Crippen MR) is 98.5 cm³/mol. The molecule has 0 saturated carbocycles. The molecule has 4 rings (SSSR count). The summed E-state index contributed by atoms with van der Waals surface area (Å²) < 4.78 is 26.1. The zero-order valence-corrected chi connectivity index (χ0v) is 16.1. The van der Waals surface area contributed by atoms with Gasteiger partial charge in [0.1, 0.15) is 12.2 Å². The minimum Gasteiger partial charge on any atom is -0.488 e. The van der Waals surface area contributed by atoms with Crippen molar-refractivity contribution in [2.75, 3.05) is 24.6 Å². The van der Waals surface area contributed by atoms with E-state index >= 15 is 4.39 Å². The largest absolute Gasteiger partial charge is 0.488 e. The van der Waals surface area contributed by atoms with Crippen molar-refractivity contribution in [1.82, 2.24) is 9.88 Å². The minimum atomic E-state index is -0.530. The molecular formula is C19H27FN4O3. The molecule has 27 heavy (non-hydrogen) atoms. The molecule has 1 amide bonds. The molecule has 0 aliphatic carbocycles. The fourth-order valence-electron chi connectivity index (χ4n) is 4.24. The lowest BCUT2D eigenvalue weighted by atomic mass is 10.0. The molecule has 148 valence electrons. The summed E-state index contributed by atoms with van der Waals surface area (Å²) in [5.41, 5.74) is 6.06. The summed E-state index contributed by atoms with van der Waals surface area (Å²) in [5.74, 6) is 0.137. The molecular weight excluding hydrogens is 351 g/mol. The monoisotopic (exact) mass is 378 g/mol. The Morgan fingerprint density at radius 3 is 2.63 bits per heavy atom. The zero-order valence-electron chi connectivity index (χ0n) is 16.1. The van der Waals surface area contributed by atoms with Gasteiger partial charge in [0.25, 0.3) is 0 Å². The first-order valence-electron chi connectivity index (χ1n) is 9.55. The highest BCUT2D eigenvalue weighted by Gasteiger charge is 2.45. The van der Waals surface area contributed by atoms with Gasteiger partial charge in [-0.1, -0.05) is 0 Å². The predicted octanol–water partition coefficient (Wildman–Crippen LogP) is 2.07. The Hall–Kier alpha value is -2.09. The molecule has 1 aromatic rings. The van der Waals surface area contributed by atoms with Crippen LogP contribution < -0.4 is 15.4 Å². The Kier molecular flexibility index (Phi) is 4.41. The summed E-state index contributed by atoms with van der Waals surface area (Å²) in [7, 11) is 0. The van der Waals surface area contributed by atoms with Gasteiger partial charge < -0.3 is 20.1 Å². The van der Waals surface area contributed by atoms with Gasteiger partial charge in [-0.2, -0.15) is 4.39 Å². The van der Waals surface area contributed by atoms with Gasteiger partial charge in [-0.05, 0) is 40.0 Å². The Bertz CT molecular complexity index is 737. The fraction of sp³-hybridized carbons (Fsp3) is 0.684. The molecule has 3 aliphatic heterocycles. The summed E-state index contributed by atoms with van der Waals surface area (Å²) in [6, 6.07) is -0.117. The number of carbonyl (C=O) groups is 1. The summed E-state index contributed by atoms with van der Waals surface area (Å²) in [4.78, 5) is 20.7. The number of amides is 1. The number of piperazine rings is 1. The Balaban J connectivity index is 1.53. The van der Waals surface area contributed by atoms with Gasteiger partial charge in [0.2, 0.25) is 5.82 Å². The van der Waals surface area contributed by atoms with Gasteiger partial charge in [-0.25, -0.2) is 9.78 Å². The Morgan fingerprint density at radius 1 is 1.33 bits per heavy atom. The average Bonchev–Trinajstić information content (AvgIpc) is 2.84. The maximum atomic E-state index is 15.0. The zero-order chi connectivity index (χ0) is 19.3. The number of fused-ring (bicyclic) bond motifs is 3. The SMILES string of the molecule is CC(C)(C)OC(=O)N1C2CCC1CN(c1ncc3c(c1F)OCC(N)C3)C2. The summed E-state index contributed by atoms with van der Waals surface area (Å²) in [6.45, 7) is 6.98. The molecule has 2 bridgehead atoms. The van der Waals surface area contributed by atoms with Crippen LogP contribution in [0.3, 0.4) is 0 Å². The van der Waals surface area contributed by atoms with Crippen molar-refractivity contribution >= 4 is 11.9 Å². The normalized spacial score (nSPS) is 27.2. The van der Waals surface area contributed by atoms with Gasteiger partial charge in [0.15, 0.2) is 11.6 Å². The van der Waals surface area contributed by atoms with E-state index in [1.54, 1.807) is 6.20 Å². The van der Waals surface area contributed by atoms with Crippen LogP contribution in [-0.2, 0) is 11.2 Å². The third-order valence-corrected chi connectivity index (χ3v) is 5.34. The molecule has 0 aromatic carbocycles. The van der Waals surface area contributed by atoms with Crippen molar-refractivity contribution < 1.29 is 18.7 Å². The third-order valence-electron chi connectivity index (χ3n) is 5.34. The smallest absolute Gasteiger partial charge is 0.410 e. The quantitative estimate of drug-likeness (QED) is 0.806. The second-order valence-electron chi connectivity index (χ2n) is 8.70. The molecule has 2 N–H and O–H groups in total. The van der Waals surface area contributed by atoms with Crippen LogP contribution in [0.5, 0.6) is 5.75 Å². The lowest BCUT2D eigenvalue weighted by molar-refractivity contribution is 0.0122. The third kappa shape index (κ3) is 3.42. The van der Waals surface area contributed by atoms with E-state index in [0.29, 0.717) is 37.5 Å². The second-order valence-corrected chi connectivity index (χ2v) is 8.70. The first-order valence-corrected chi connectivity index (χ1v) is 9.55. The number of pyridine rings is 1. The van der Waals surface area contributed by atoms with Crippen molar-refractivity contribution in [3.05, 3.63) is 17.6 Å². The van der Waals surface area contributed by atoms with Gasteiger partial charge in [0, 0.05) is 30.9 Å². The van der Waals surface area contributed by atoms with Gasteiger partial charge in [0.05, 0.1) is 12.1 Å². The van der Waals surface area contributed by atoms with Crippen LogP contribution in [-0.4, -0.2) is 59.4 Å². The number of carbonyl (C=O) groups excluding carboxylic acids is 1. The molecule has 7 nitrogen and oxygen atoms in total. The second kappa shape index (κ2) is 6.51. The number of nitrogens with zero attached hydrogens (tertiary/aromatic N) is 3. The van der Waals surface area contributed by atoms with Gasteiger partial charge in [-0.3, -0.25) is 4.90 Å². The van der Waals surface area contributed by atoms with Crippen LogP contribution in [0.25, 0.3) is 0 Å². The lowest BCUT2D eigenvalue weighted by Crippen LogP contribution is -2.57. The van der Waals surface area contributed by atoms with Crippen molar-refractivity contribution in [3.8, 4) is 5.75 Å². The molecule has 3 atom stereocenters. The van der Waals surface area contributed by atoms with E-state index in [4.69, 9.17) is 15.2 Å². The van der Waals surface area contributed by atoms with Crippen LogP contribution in [0.4, 0.5) is 15.0 Å².